The highest BCUT2D eigenvalue weighted by molar-refractivity contribution is 8.00. The molecule has 4 nitrogen and oxygen atoms in total. The first-order valence-corrected chi connectivity index (χ1v) is 9.86. The van der Waals surface area contributed by atoms with E-state index in [4.69, 9.17) is 5.11 Å². The molecule has 0 aromatic heterocycles. The number of rotatable bonds is 7. The van der Waals surface area contributed by atoms with Crippen molar-refractivity contribution < 1.29 is 14.7 Å². The number of hydrogen-bond acceptors (Lipinski definition) is 4. The van der Waals surface area contributed by atoms with E-state index in [0.717, 1.165) is 29.9 Å². The monoisotopic (exact) mass is 353 g/mol. The number of carbonyl (C=O) groups is 2. The van der Waals surface area contributed by atoms with Crippen LogP contribution in [0.25, 0.3) is 0 Å². The molecule has 0 radical (unpaired) electrons. The Morgan fingerprint density at radius 1 is 1.35 bits per heavy atom. The Hall–Kier alpha value is -1.14. The van der Waals surface area contributed by atoms with E-state index < -0.39 is 11.2 Å². The molecule has 0 heterocycles. The van der Waals surface area contributed by atoms with Gasteiger partial charge in [0.05, 0.1) is 5.56 Å². The molecular formula is C17H23NO3S2. The second-order valence-electron chi connectivity index (χ2n) is 5.60. The van der Waals surface area contributed by atoms with Crippen molar-refractivity contribution in [3.8, 4) is 0 Å². The predicted molar refractivity (Wildman–Crippen MR) is 96.4 cm³/mol. The van der Waals surface area contributed by atoms with Gasteiger partial charge in [0.25, 0.3) is 5.91 Å². The summed E-state index contributed by atoms with van der Waals surface area (Å²) >= 11 is 3.12. The van der Waals surface area contributed by atoms with Crippen LogP contribution in [-0.4, -0.2) is 39.3 Å². The molecule has 0 aliphatic heterocycles. The lowest BCUT2D eigenvalue weighted by Gasteiger charge is -2.21. The lowest BCUT2D eigenvalue weighted by molar-refractivity contribution is -0.136. The first-order chi connectivity index (χ1) is 11.0. The van der Waals surface area contributed by atoms with Crippen LogP contribution in [0.2, 0.25) is 0 Å². The first-order valence-electron chi connectivity index (χ1n) is 7.94. The standard InChI is InChI=1S/C17H23NO3S2/c1-3-22-15-10-6-8-13(15)18-16(19)12-7-4-5-9-14(12)23-11(2)17(20)21/h4-5,7,9,11,13,15H,3,6,8,10H2,1-2H3,(H,18,19)(H,20,21). The minimum Gasteiger partial charge on any atom is -0.480 e. The summed E-state index contributed by atoms with van der Waals surface area (Å²) in [5.41, 5.74) is 0.567. The highest BCUT2D eigenvalue weighted by Crippen LogP contribution is 2.31. The maximum atomic E-state index is 12.6. The maximum Gasteiger partial charge on any atom is 0.316 e. The van der Waals surface area contributed by atoms with E-state index >= 15 is 0 Å². The lowest BCUT2D eigenvalue weighted by Crippen LogP contribution is -2.39. The van der Waals surface area contributed by atoms with Crippen molar-refractivity contribution in [2.75, 3.05) is 5.75 Å². The smallest absolute Gasteiger partial charge is 0.316 e. The summed E-state index contributed by atoms with van der Waals surface area (Å²) in [6, 6.07) is 7.44. The van der Waals surface area contributed by atoms with Crippen LogP contribution >= 0.6 is 23.5 Å². The van der Waals surface area contributed by atoms with E-state index in [1.165, 1.54) is 11.8 Å². The van der Waals surface area contributed by atoms with Gasteiger partial charge >= 0.3 is 5.97 Å². The first kappa shape index (κ1) is 18.2. The molecule has 1 aliphatic carbocycles. The largest absolute Gasteiger partial charge is 0.480 e. The molecule has 2 rings (SSSR count). The summed E-state index contributed by atoms with van der Waals surface area (Å²) in [6.45, 7) is 3.77. The molecule has 0 saturated heterocycles. The number of carboxylic acids is 1. The molecule has 23 heavy (non-hydrogen) atoms. The fourth-order valence-electron chi connectivity index (χ4n) is 2.75. The van der Waals surface area contributed by atoms with Crippen LogP contribution in [0.4, 0.5) is 0 Å². The Bertz CT molecular complexity index is 565. The van der Waals surface area contributed by atoms with E-state index in [0.29, 0.717) is 10.8 Å². The summed E-state index contributed by atoms with van der Waals surface area (Å²) in [6.07, 6.45) is 3.31. The van der Waals surface area contributed by atoms with Crippen molar-refractivity contribution >= 4 is 35.4 Å². The molecule has 126 valence electrons. The van der Waals surface area contributed by atoms with Crippen LogP contribution < -0.4 is 5.32 Å². The van der Waals surface area contributed by atoms with Gasteiger partial charge in [-0.25, -0.2) is 0 Å². The van der Waals surface area contributed by atoms with Gasteiger partial charge in [-0.2, -0.15) is 11.8 Å². The summed E-state index contributed by atoms with van der Waals surface area (Å²) in [5, 5.41) is 12.1. The highest BCUT2D eigenvalue weighted by atomic mass is 32.2. The molecule has 3 unspecified atom stereocenters. The molecule has 6 heteroatoms. The van der Waals surface area contributed by atoms with Gasteiger partial charge in [0, 0.05) is 16.2 Å². The van der Waals surface area contributed by atoms with Crippen LogP contribution in [0.1, 0.15) is 43.5 Å². The summed E-state index contributed by atoms with van der Waals surface area (Å²) in [7, 11) is 0. The SMILES string of the molecule is CCSC1CCCC1NC(=O)c1ccccc1SC(C)C(=O)O. The number of thioether (sulfide) groups is 2. The molecule has 1 saturated carbocycles. The summed E-state index contributed by atoms with van der Waals surface area (Å²) in [5.74, 6) is 0.0827. The zero-order valence-corrected chi connectivity index (χ0v) is 15.1. The highest BCUT2D eigenvalue weighted by Gasteiger charge is 2.29. The van der Waals surface area contributed by atoms with E-state index in [9.17, 15) is 9.59 Å². The Morgan fingerprint density at radius 2 is 2.09 bits per heavy atom. The molecule has 1 aromatic carbocycles. The molecule has 0 spiro atoms. The van der Waals surface area contributed by atoms with Gasteiger partial charge in [-0.1, -0.05) is 25.5 Å². The van der Waals surface area contributed by atoms with Gasteiger partial charge in [-0.3, -0.25) is 9.59 Å². The Labute approximate surface area is 145 Å². The number of aliphatic carboxylic acids is 1. The van der Waals surface area contributed by atoms with E-state index in [-0.39, 0.29) is 11.9 Å². The van der Waals surface area contributed by atoms with E-state index in [1.807, 2.05) is 30.0 Å². The molecule has 2 N–H and O–H groups in total. The van der Waals surface area contributed by atoms with E-state index in [1.54, 1.807) is 13.0 Å². The quantitative estimate of drug-likeness (QED) is 0.732. The topological polar surface area (TPSA) is 66.4 Å². The van der Waals surface area contributed by atoms with Crippen molar-refractivity contribution in [3.05, 3.63) is 29.8 Å². The van der Waals surface area contributed by atoms with Crippen molar-refractivity contribution in [1.29, 1.82) is 0 Å². The van der Waals surface area contributed by atoms with Crippen LogP contribution in [-0.2, 0) is 4.79 Å². The molecule has 1 aromatic rings. The zero-order chi connectivity index (χ0) is 16.8. The zero-order valence-electron chi connectivity index (χ0n) is 13.5. The summed E-state index contributed by atoms with van der Waals surface area (Å²) < 4.78 is 0. The molecule has 3 atom stereocenters. The normalized spacial score (nSPS) is 21.8. The van der Waals surface area contributed by atoms with E-state index in [2.05, 4.69) is 12.2 Å². The van der Waals surface area contributed by atoms with Crippen LogP contribution in [0.15, 0.2) is 29.2 Å². The molecule has 1 aliphatic rings. The van der Waals surface area contributed by atoms with Crippen molar-refractivity contribution in [1.82, 2.24) is 5.32 Å². The average Bonchev–Trinajstić information content (AvgIpc) is 2.95. The van der Waals surface area contributed by atoms with Crippen LogP contribution in [0.5, 0.6) is 0 Å². The molecular weight excluding hydrogens is 330 g/mol. The number of nitrogens with one attached hydrogen (secondary N) is 1. The second kappa shape index (κ2) is 8.64. The maximum absolute atomic E-state index is 12.6. The van der Waals surface area contributed by atoms with Gasteiger partial charge in [-0.05, 0) is 37.7 Å². The fourth-order valence-corrected chi connectivity index (χ4v) is 4.87. The lowest BCUT2D eigenvalue weighted by atomic mass is 10.2. The Morgan fingerprint density at radius 3 is 2.78 bits per heavy atom. The average molecular weight is 354 g/mol. The number of amides is 1. The number of carbonyl (C=O) groups excluding carboxylic acids is 1. The van der Waals surface area contributed by atoms with Crippen molar-refractivity contribution in [2.45, 2.75) is 54.5 Å². The third-order valence-corrected chi connectivity index (χ3v) is 6.42. The number of hydrogen-bond donors (Lipinski definition) is 2. The van der Waals surface area contributed by atoms with Crippen molar-refractivity contribution in [3.63, 3.8) is 0 Å². The van der Waals surface area contributed by atoms with Crippen LogP contribution in [0.3, 0.4) is 0 Å². The third kappa shape index (κ3) is 4.91. The molecule has 1 amide bonds. The van der Waals surface area contributed by atoms with Gasteiger partial charge in [-0.15, -0.1) is 11.8 Å². The number of benzene rings is 1. The molecule has 1 fully saturated rings. The Balaban J connectivity index is 2.08. The van der Waals surface area contributed by atoms with Gasteiger partial charge < -0.3 is 10.4 Å². The van der Waals surface area contributed by atoms with Crippen LogP contribution in [0, 0.1) is 0 Å². The molecule has 0 bridgehead atoms. The van der Waals surface area contributed by atoms with Gasteiger partial charge in [0.15, 0.2) is 0 Å². The Kier molecular flexibility index (Phi) is 6.84. The minimum atomic E-state index is -0.875. The minimum absolute atomic E-state index is 0.0979. The van der Waals surface area contributed by atoms with Crippen molar-refractivity contribution in [2.24, 2.45) is 0 Å². The van der Waals surface area contributed by atoms with Gasteiger partial charge in [0.1, 0.15) is 5.25 Å². The fraction of sp³-hybridized carbons (Fsp3) is 0.529. The van der Waals surface area contributed by atoms with Gasteiger partial charge in [0.2, 0.25) is 0 Å². The predicted octanol–water partition coefficient (Wildman–Crippen LogP) is 3.66. The summed E-state index contributed by atoms with van der Waals surface area (Å²) in [4.78, 5) is 24.4. The second-order valence-corrected chi connectivity index (χ2v) is 8.50. The third-order valence-electron chi connectivity index (χ3n) is 3.93. The number of carboxylic acid groups (broad SMARTS) is 1.